The van der Waals surface area contributed by atoms with Crippen molar-refractivity contribution in [3.63, 3.8) is 0 Å². The number of benzene rings is 2. The van der Waals surface area contributed by atoms with Crippen molar-refractivity contribution in [1.82, 2.24) is 15.2 Å². The van der Waals surface area contributed by atoms with Gasteiger partial charge in [-0.1, -0.05) is 54.1 Å². The summed E-state index contributed by atoms with van der Waals surface area (Å²) in [7, 11) is 1.73. The predicted octanol–water partition coefficient (Wildman–Crippen LogP) is 4.88. The third-order valence-corrected chi connectivity index (χ3v) is 6.43. The van der Waals surface area contributed by atoms with E-state index in [0.29, 0.717) is 22.9 Å². The third-order valence-electron chi connectivity index (χ3n) is 5.19. The highest BCUT2D eigenvalue weighted by Crippen LogP contribution is 2.21. The van der Waals surface area contributed by atoms with Crippen LogP contribution in [0.15, 0.2) is 72.2 Å². The minimum Gasteiger partial charge on any atom is -0.361 e. The zero-order valence-electron chi connectivity index (χ0n) is 17.0. The van der Waals surface area contributed by atoms with Crippen LogP contribution in [0.5, 0.6) is 0 Å². The lowest BCUT2D eigenvalue weighted by molar-refractivity contribution is -0.132. The van der Waals surface area contributed by atoms with Crippen molar-refractivity contribution in [3.05, 3.63) is 93.3 Å². The van der Waals surface area contributed by atoms with Crippen LogP contribution in [0.1, 0.15) is 20.8 Å². The number of likely N-dealkylation sites (N-methyl/N-ethyl adjacent to an activating group) is 1. The molecular formula is C24H22ClN3O2S. The predicted molar refractivity (Wildman–Crippen MR) is 126 cm³/mol. The minimum atomic E-state index is -0.707. The van der Waals surface area contributed by atoms with Crippen molar-refractivity contribution >= 4 is 45.7 Å². The van der Waals surface area contributed by atoms with Crippen LogP contribution in [0.3, 0.4) is 0 Å². The first kappa shape index (κ1) is 21.2. The van der Waals surface area contributed by atoms with E-state index in [1.807, 2.05) is 60.1 Å². The summed E-state index contributed by atoms with van der Waals surface area (Å²) in [5.41, 5.74) is 2.83. The second-order valence-electron chi connectivity index (χ2n) is 7.35. The lowest BCUT2D eigenvalue weighted by Crippen LogP contribution is -2.48. The Morgan fingerprint density at radius 3 is 2.61 bits per heavy atom. The van der Waals surface area contributed by atoms with Gasteiger partial charge in [0.25, 0.3) is 5.91 Å². The monoisotopic (exact) mass is 451 g/mol. The van der Waals surface area contributed by atoms with Gasteiger partial charge in [-0.15, -0.1) is 11.3 Å². The molecule has 5 nitrogen and oxygen atoms in total. The van der Waals surface area contributed by atoms with E-state index in [1.165, 1.54) is 11.3 Å². The Balaban J connectivity index is 1.58. The molecule has 0 radical (unpaired) electrons. The van der Waals surface area contributed by atoms with E-state index in [4.69, 9.17) is 11.6 Å². The molecule has 0 saturated heterocycles. The summed E-state index contributed by atoms with van der Waals surface area (Å²) in [4.78, 5) is 31.6. The van der Waals surface area contributed by atoms with Gasteiger partial charge in [-0.05, 0) is 34.7 Å². The van der Waals surface area contributed by atoms with E-state index in [0.717, 1.165) is 22.0 Å². The van der Waals surface area contributed by atoms with Gasteiger partial charge in [-0.3, -0.25) is 9.59 Å². The Hall–Kier alpha value is -3.09. The van der Waals surface area contributed by atoms with Gasteiger partial charge in [0.1, 0.15) is 6.04 Å². The fourth-order valence-electron chi connectivity index (χ4n) is 3.58. The topological polar surface area (TPSA) is 65.2 Å². The molecule has 0 fully saturated rings. The number of carbonyl (C=O) groups is 2. The number of aromatic amines is 1. The summed E-state index contributed by atoms with van der Waals surface area (Å²) >= 11 is 7.62. The van der Waals surface area contributed by atoms with Gasteiger partial charge >= 0.3 is 0 Å². The van der Waals surface area contributed by atoms with Crippen LogP contribution in [0.25, 0.3) is 10.9 Å². The van der Waals surface area contributed by atoms with Gasteiger partial charge in [-0.2, -0.15) is 0 Å². The largest absolute Gasteiger partial charge is 0.361 e. The SMILES string of the molecule is CN(Cc1ccccc1Cl)C(=O)[C@H](Cc1c[nH]c2ccccc12)NC(=O)c1cccs1. The van der Waals surface area contributed by atoms with Crippen molar-refractivity contribution in [1.29, 1.82) is 0 Å². The molecule has 0 aliphatic carbocycles. The molecule has 4 rings (SSSR count). The first-order valence-electron chi connectivity index (χ1n) is 9.90. The van der Waals surface area contributed by atoms with E-state index in [9.17, 15) is 9.59 Å². The van der Waals surface area contributed by atoms with Crippen molar-refractivity contribution < 1.29 is 9.59 Å². The van der Waals surface area contributed by atoms with Gasteiger partial charge in [-0.25, -0.2) is 0 Å². The standard InChI is InChI=1S/C24H22ClN3O2S/c1-28(15-16-7-2-4-9-19(16)25)24(30)21(27-23(29)22-11-6-12-31-22)13-17-14-26-20-10-5-3-8-18(17)20/h2-12,14,21,26H,13,15H2,1H3,(H,27,29)/t21-/m0/s1. The number of amides is 2. The quantitative estimate of drug-likeness (QED) is 0.420. The highest BCUT2D eigenvalue weighted by atomic mass is 35.5. The first-order chi connectivity index (χ1) is 15.0. The highest BCUT2D eigenvalue weighted by molar-refractivity contribution is 7.12. The summed E-state index contributed by atoms with van der Waals surface area (Å²) in [5, 5.41) is 6.43. The number of H-pyrrole nitrogens is 1. The minimum absolute atomic E-state index is 0.171. The van der Waals surface area contributed by atoms with Crippen molar-refractivity contribution in [2.45, 2.75) is 19.0 Å². The average Bonchev–Trinajstić information content (AvgIpc) is 3.45. The van der Waals surface area contributed by atoms with Gasteiger partial charge in [0, 0.05) is 42.1 Å². The third kappa shape index (κ3) is 4.81. The van der Waals surface area contributed by atoms with E-state index >= 15 is 0 Å². The van der Waals surface area contributed by atoms with E-state index in [1.54, 1.807) is 24.1 Å². The lowest BCUT2D eigenvalue weighted by Gasteiger charge is -2.25. The molecule has 0 aliphatic heterocycles. The second kappa shape index (κ2) is 9.37. The molecule has 0 bridgehead atoms. The molecule has 31 heavy (non-hydrogen) atoms. The van der Waals surface area contributed by atoms with Crippen LogP contribution in [0, 0.1) is 0 Å². The maximum atomic E-state index is 13.4. The van der Waals surface area contributed by atoms with E-state index < -0.39 is 6.04 Å². The molecule has 0 aliphatic rings. The number of hydrogen-bond acceptors (Lipinski definition) is 3. The smallest absolute Gasteiger partial charge is 0.262 e. The van der Waals surface area contributed by atoms with Crippen molar-refractivity contribution in [2.24, 2.45) is 0 Å². The number of fused-ring (bicyclic) bond motifs is 1. The van der Waals surface area contributed by atoms with Gasteiger partial charge in [0.2, 0.25) is 5.91 Å². The molecule has 2 N–H and O–H groups in total. The number of rotatable bonds is 7. The second-order valence-corrected chi connectivity index (χ2v) is 8.71. The Labute approximate surface area is 189 Å². The fraction of sp³-hybridized carbons (Fsp3) is 0.167. The zero-order valence-corrected chi connectivity index (χ0v) is 18.5. The van der Waals surface area contributed by atoms with Crippen LogP contribution in [-0.4, -0.2) is 34.8 Å². The molecule has 0 saturated carbocycles. The van der Waals surface area contributed by atoms with Crippen LogP contribution < -0.4 is 5.32 Å². The molecule has 2 heterocycles. The summed E-state index contributed by atoms with van der Waals surface area (Å²) in [5.74, 6) is -0.422. The summed E-state index contributed by atoms with van der Waals surface area (Å²) < 4.78 is 0. The van der Waals surface area contributed by atoms with Crippen LogP contribution in [0.4, 0.5) is 0 Å². The van der Waals surface area contributed by atoms with Crippen LogP contribution >= 0.6 is 22.9 Å². The molecule has 2 amide bonds. The number of carbonyl (C=O) groups excluding carboxylic acids is 2. The maximum absolute atomic E-state index is 13.4. The Morgan fingerprint density at radius 2 is 1.84 bits per heavy atom. The number of para-hydroxylation sites is 1. The summed E-state index contributed by atoms with van der Waals surface area (Å²) in [6.07, 6.45) is 2.28. The number of aromatic nitrogens is 1. The first-order valence-corrected chi connectivity index (χ1v) is 11.2. The average molecular weight is 452 g/mol. The van der Waals surface area contributed by atoms with Gasteiger partial charge in [0.05, 0.1) is 4.88 Å². The van der Waals surface area contributed by atoms with Crippen LogP contribution in [0.2, 0.25) is 5.02 Å². The van der Waals surface area contributed by atoms with Gasteiger partial charge in [0.15, 0.2) is 0 Å². The van der Waals surface area contributed by atoms with E-state index in [-0.39, 0.29) is 11.8 Å². The van der Waals surface area contributed by atoms with Crippen LogP contribution in [-0.2, 0) is 17.8 Å². The van der Waals surface area contributed by atoms with E-state index in [2.05, 4.69) is 10.3 Å². The van der Waals surface area contributed by atoms with Gasteiger partial charge < -0.3 is 15.2 Å². The highest BCUT2D eigenvalue weighted by Gasteiger charge is 2.26. The molecule has 7 heteroatoms. The Morgan fingerprint density at radius 1 is 1.06 bits per heavy atom. The number of thiophene rings is 1. The molecular weight excluding hydrogens is 430 g/mol. The number of nitrogens with zero attached hydrogens (tertiary/aromatic N) is 1. The zero-order chi connectivity index (χ0) is 21.8. The normalized spacial score (nSPS) is 11.9. The molecule has 2 aromatic heterocycles. The number of nitrogens with one attached hydrogen (secondary N) is 2. The molecule has 1 atom stereocenters. The van der Waals surface area contributed by atoms with Crippen molar-refractivity contribution in [3.8, 4) is 0 Å². The fourth-order valence-corrected chi connectivity index (χ4v) is 4.41. The number of halogens is 1. The molecule has 4 aromatic rings. The lowest BCUT2D eigenvalue weighted by atomic mass is 10.0. The molecule has 0 spiro atoms. The van der Waals surface area contributed by atoms with Crippen molar-refractivity contribution in [2.75, 3.05) is 7.05 Å². The summed E-state index contributed by atoms with van der Waals surface area (Å²) in [6.45, 7) is 0.359. The molecule has 2 aromatic carbocycles. The summed E-state index contributed by atoms with van der Waals surface area (Å²) in [6, 6.07) is 18.2. The maximum Gasteiger partial charge on any atom is 0.262 e. The molecule has 0 unspecified atom stereocenters. The Kier molecular flexibility index (Phi) is 6.39. The molecule has 158 valence electrons. The number of hydrogen-bond donors (Lipinski definition) is 2. The Bertz CT molecular complexity index is 1200.